The number of likely N-dealkylation sites (N-methyl/N-ethyl adjacent to an activating group) is 1. The predicted octanol–water partition coefficient (Wildman–Crippen LogP) is 2.90. The number of carbonyl (C=O) groups is 4. The summed E-state index contributed by atoms with van der Waals surface area (Å²) >= 11 is 2.89. The Morgan fingerprint density at radius 2 is 1.95 bits per heavy atom. The Bertz CT molecular complexity index is 1360. The van der Waals surface area contributed by atoms with Crippen LogP contribution in [0.4, 0.5) is 16.4 Å². The summed E-state index contributed by atoms with van der Waals surface area (Å²) in [4.78, 5) is 61.3. The molecule has 0 aliphatic carbocycles. The maximum Gasteiger partial charge on any atom is 0.243 e. The van der Waals surface area contributed by atoms with Gasteiger partial charge in [-0.3, -0.25) is 24.1 Å². The van der Waals surface area contributed by atoms with Gasteiger partial charge in [-0.15, -0.1) is 23.1 Å². The molecule has 3 aliphatic heterocycles. The van der Waals surface area contributed by atoms with Crippen LogP contribution in [0.15, 0.2) is 29.3 Å². The number of fused-ring (bicyclic) bond motifs is 2. The van der Waals surface area contributed by atoms with Crippen molar-refractivity contribution in [2.45, 2.75) is 38.5 Å². The molecular formula is C28H34N6O4S2. The zero-order valence-electron chi connectivity index (χ0n) is 23.0. The number of likely N-dealkylation sites (tertiary alicyclic amines) is 1. The molecule has 0 spiro atoms. The van der Waals surface area contributed by atoms with E-state index in [1.165, 1.54) is 16.6 Å². The number of amides is 3. The number of hydrogen-bond donors (Lipinski definition) is 2. The molecule has 0 bridgehead atoms. The Balaban J connectivity index is 1.25. The molecule has 3 aliphatic rings. The summed E-state index contributed by atoms with van der Waals surface area (Å²) in [5.41, 5.74) is 3.67. The SMILES string of the molecule is CCC(=O)CSC1CC(=O)N(CC(=O)NCc2ccc3c(c2)N=C(N2CCN(C)CC2)c2cc(C)sc2N3)C1=O. The summed E-state index contributed by atoms with van der Waals surface area (Å²) in [6.45, 7) is 7.53. The van der Waals surface area contributed by atoms with Crippen LogP contribution in [0.5, 0.6) is 0 Å². The maximum atomic E-state index is 12.7. The number of aliphatic imine (C=N–C) groups is 1. The van der Waals surface area contributed by atoms with Crippen LogP contribution in [0.2, 0.25) is 0 Å². The number of aryl methyl sites for hydroxylation is 1. The van der Waals surface area contributed by atoms with Crippen molar-refractivity contribution >= 4 is 68.8 Å². The lowest BCUT2D eigenvalue weighted by Crippen LogP contribution is -2.47. The quantitative estimate of drug-likeness (QED) is 0.457. The largest absolute Gasteiger partial charge is 0.353 e. The second-order valence-electron chi connectivity index (χ2n) is 10.3. The van der Waals surface area contributed by atoms with Gasteiger partial charge in [0.25, 0.3) is 0 Å². The first-order valence-electron chi connectivity index (χ1n) is 13.5. The average Bonchev–Trinajstić information content (AvgIpc) is 3.38. The molecule has 12 heteroatoms. The smallest absolute Gasteiger partial charge is 0.243 e. The lowest BCUT2D eigenvalue weighted by molar-refractivity contribution is -0.142. The van der Waals surface area contributed by atoms with E-state index in [-0.39, 0.29) is 37.0 Å². The number of imide groups is 1. The normalized spacial score (nSPS) is 19.1. The van der Waals surface area contributed by atoms with Crippen LogP contribution < -0.4 is 10.6 Å². The summed E-state index contributed by atoms with van der Waals surface area (Å²) in [5, 5.41) is 6.86. The van der Waals surface area contributed by atoms with Gasteiger partial charge < -0.3 is 20.4 Å². The van der Waals surface area contributed by atoms with E-state index in [1.54, 1.807) is 18.3 Å². The fourth-order valence-corrected chi connectivity index (χ4v) is 6.90. The van der Waals surface area contributed by atoms with Crippen LogP contribution in [0.3, 0.4) is 0 Å². The molecule has 3 amide bonds. The van der Waals surface area contributed by atoms with Gasteiger partial charge in [0.1, 0.15) is 23.2 Å². The molecule has 1 aromatic heterocycles. The fraction of sp³-hybridized carbons (Fsp3) is 0.464. The molecule has 40 heavy (non-hydrogen) atoms. The van der Waals surface area contributed by atoms with Crippen molar-refractivity contribution < 1.29 is 19.2 Å². The summed E-state index contributed by atoms with van der Waals surface area (Å²) in [5.74, 6) is -0.0178. The molecule has 2 saturated heterocycles. The van der Waals surface area contributed by atoms with Gasteiger partial charge in [-0.25, -0.2) is 4.99 Å². The molecule has 5 rings (SSSR count). The van der Waals surface area contributed by atoms with E-state index < -0.39 is 17.1 Å². The number of rotatable bonds is 8. The maximum absolute atomic E-state index is 12.7. The van der Waals surface area contributed by atoms with E-state index in [0.717, 1.165) is 64.4 Å². The molecular weight excluding hydrogens is 548 g/mol. The van der Waals surface area contributed by atoms with Crippen LogP contribution in [-0.4, -0.2) is 94.8 Å². The van der Waals surface area contributed by atoms with Crippen LogP contribution in [0.25, 0.3) is 0 Å². The van der Waals surface area contributed by atoms with Crippen LogP contribution in [0, 0.1) is 6.92 Å². The highest BCUT2D eigenvalue weighted by Gasteiger charge is 2.39. The van der Waals surface area contributed by atoms with Crippen LogP contribution in [-0.2, 0) is 25.7 Å². The molecule has 4 heterocycles. The summed E-state index contributed by atoms with van der Waals surface area (Å²) in [7, 11) is 2.13. The minimum Gasteiger partial charge on any atom is -0.353 e. The molecule has 0 radical (unpaired) electrons. The highest BCUT2D eigenvalue weighted by atomic mass is 32.2. The number of anilines is 2. The Kier molecular flexibility index (Phi) is 8.57. The Labute approximate surface area is 242 Å². The first-order chi connectivity index (χ1) is 19.2. The van der Waals surface area contributed by atoms with E-state index in [0.29, 0.717) is 6.42 Å². The Hall–Kier alpha value is -3.22. The second kappa shape index (κ2) is 12.1. The number of Topliss-reactive ketones (excluding diaryl/α,β-unsaturated/α-hetero) is 1. The predicted molar refractivity (Wildman–Crippen MR) is 159 cm³/mol. The molecule has 0 saturated carbocycles. The van der Waals surface area contributed by atoms with Gasteiger partial charge in [-0.2, -0.15) is 0 Å². The Morgan fingerprint density at radius 1 is 1.18 bits per heavy atom. The lowest BCUT2D eigenvalue weighted by Gasteiger charge is -2.34. The number of nitrogens with one attached hydrogen (secondary N) is 2. The van der Waals surface area contributed by atoms with Crippen molar-refractivity contribution in [3.63, 3.8) is 0 Å². The van der Waals surface area contributed by atoms with Gasteiger partial charge >= 0.3 is 0 Å². The van der Waals surface area contributed by atoms with E-state index in [4.69, 9.17) is 4.99 Å². The van der Waals surface area contributed by atoms with Crippen LogP contribution in [0.1, 0.15) is 35.8 Å². The topological polar surface area (TPSA) is 114 Å². The van der Waals surface area contributed by atoms with Crippen molar-refractivity contribution in [3.8, 4) is 0 Å². The van der Waals surface area contributed by atoms with Crippen molar-refractivity contribution in [2.24, 2.45) is 4.99 Å². The van der Waals surface area contributed by atoms with Gasteiger partial charge in [0, 0.05) is 50.4 Å². The number of piperazine rings is 1. The van der Waals surface area contributed by atoms with Crippen LogP contribution >= 0.6 is 23.1 Å². The number of benzene rings is 1. The zero-order chi connectivity index (χ0) is 28.4. The molecule has 1 atom stereocenters. The minimum absolute atomic E-state index is 0.0181. The number of thiophene rings is 1. The van der Waals surface area contributed by atoms with E-state index in [2.05, 4.69) is 40.5 Å². The van der Waals surface area contributed by atoms with E-state index in [9.17, 15) is 19.2 Å². The molecule has 2 fully saturated rings. The minimum atomic E-state index is -0.604. The third kappa shape index (κ3) is 6.24. The molecule has 1 aromatic carbocycles. The first kappa shape index (κ1) is 28.3. The summed E-state index contributed by atoms with van der Waals surface area (Å²) in [6.07, 6.45) is 0.411. The fourth-order valence-electron chi connectivity index (χ4n) is 4.86. The first-order valence-corrected chi connectivity index (χ1v) is 15.4. The lowest BCUT2D eigenvalue weighted by atomic mass is 10.1. The van der Waals surface area contributed by atoms with Gasteiger partial charge in [-0.1, -0.05) is 13.0 Å². The van der Waals surface area contributed by atoms with Crippen molar-refractivity contribution in [1.82, 2.24) is 20.0 Å². The van der Waals surface area contributed by atoms with Crippen molar-refractivity contribution in [3.05, 3.63) is 40.3 Å². The second-order valence-corrected chi connectivity index (χ2v) is 12.7. The number of carbonyl (C=O) groups excluding carboxylic acids is 4. The molecule has 10 nitrogen and oxygen atoms in total. The monoisotopic (exact) mass is 582 g/mol. The van der Waals surface area contributed by atoms with E-state index >= 15 is 0 Å². The summed E-state index contributed by atoms with van der Waals surface area (Å²) < 4.78 is 0. The van der Waals surface area contributed by atoms with Crippen molar-refractivity contribution in [2.75, 3.05) is 50.8 Å². The standard InChI is InChI=1S/C28H34N6O4S2/c1-4-19(35)16-39-23-13-25(37)34(28(23)38)15-24(36)29-14-18-5-6-21-22(12-18)30-26(33-9-7-32(3)8-10-33)20-11-17(2)40-27(20)31-21/h5-6,11-12,23,31H,4,7-10,13-16H2,1-3H3,(H,29,36). The number of ketones is 1. The van der Waals surface area contributed by atoms with Gasteiger partial charge in [0.2, 0.25) is 17.7 Å². The highest BCUT2D eigenvalue weighted by Crippen LogP contribution is 2.39. The third-order valence-corrected chi connectivity index (χ3v) is 9.49. The summed E-state index contributed by atoms with van der Waals surface area (Å²) in [6, 6.07) is 8.06. The molecule has 212 valence electrons. The third-order valence-electron chi connectivity index (χ3n) is 7.27. The number of nitrogens with zero attached hydrogens (tertiary/aromatic N) is 4. The zero-order valence-corrected chi connectivity index (χ0v) is 24.6. The molecule has 2 aromatic rings. The van der Waals surface area contributed by atoms with E-state index in [1.807, 2.05) is 18.2 Å². The molecule has 2 N–H and O–H groups in total. The highest BCUT2D eigenvalue weighted by molar-refractivity contribution is 8.01. The number of hydrogen-bond acceptors (Lipinski definition) is 10. The van der Waals surface area contributed by atoms with Crippen molar-refractivity contribution in [1.29, 1.82) is 0 Å². The number of amidine groups is 1. The Morgan fingerprint density at radius 3 is 2.70 bits per heavy atom. The van der Waals surface area contributed by atoms with Gasteiger partial charge in [0.05, 0.1) is 27.9 Å². The van der Waals surface area contributed by atoms with Gasteiger partial charge in [-0.05, 0) is 37.7 Å². The van der Waals surface area contributed by atoms with Gasteiger partial charge in [0.15, 0.2) is 0 Å². The number of thioether (sulfide) groups is 1. The average molecular weight is 583 g/mol. The molecule has 1 unspecified atom stereocenters.